The van der Waals surface area contributed by atoms with Gasteiger partial charge < -0.3 is 10.2 Å². The molecule has 3 rings (SSSR count). The standard InChI is InChI=1S/C26H34N4O6S/c1-18-8-7-9-21(14-18)16-28(20(3)26(32)27-22-10-5-6-11-22)25(31)17-29(37(4,35)36)24-15-23(30(33)34)13-12-19(24)2/h7-9,12-15,20,22H,5-6,10-11,16-17H2,1-4H3,(H,27,32)/t20-/m0/s1. The van der Waals surface area contributed by atoms with Crippen molar-refractivity contribution in [1.29, 1.82) is 0 Å². The van der Waals surface area contributed by atoms with Gasteiger partial charge in [0, 0.05) is 24.7 Å². The Morgan fingerprint density at radius 1 is 1.14 bits per heavy atom. The van der Waals surface area contributed by atoms with Gasteiger partial charge in [-0.15, -0.1) is 0 Å². The summed E-state index contributed by atoms with van der Waals surface area (Å²) in [5.74, 6) is -0.891. The van der Waals surface area contributed by atoms with Gasteiger partial charge in [-0.1, -0.05) is 48.7 Å². The Balaban J connectivity index is 1.94. The molecule has 0 saturated heterocycles. The Kier molecular flexibility index (Phi) is 8.90. The van der Waals surface area contributed by atoms with Crippen LogP contribution >= 0.6 is 0 Å². The third-order valence-electron chi connectivity index (χ3n) is 6.66. The van der Waals surface area contributed by atoms with E-state index in [2.05, 4.69) is 5.32 Å². The van der Waals surface area contributed by atoms with E-state index in [1.54, 1.807) is 13.8 Å². The molecule has 0 unspecified atom stereocenters. The number of carbonyl (C=O) groups is 2. The molecule has 10 nitrogen and oxygen atoms in total. The lowest BCUT2D eigenvalue weighted by molar-refractivity contribution is -0.384. The van der Waals surface area contributed by atoms with Crippen molar-refractivity contribution in [2.24, 2.45) is 0 Å². The van der Waals surface area contributed by atoms with Crippen LogP contribution in [0.5, 0.6) is 0 Å². The summed E-state index contributed by atoms with van der Waals surface area (Å²) in [6, 6.07) is 10.6. The topological polar surface area (TPSA) is 130 Å². The third kappa shape index (κ3) is 7.28. The van der Waals surface area contributed by atoms with Gasteiger partial charge in [-0.3, -0.25) is 24.0 Å². The fourth-order valence-corrected chi connectivity index (χ4v) is 5.46. The summed E-state index contributed by atoms with van der Waals surface area (Å²) in [4.78, 5) is 38.9. The zero-order valence-electron chi connectivity index (χ0n) is 21.6. The van der Waals surface area contributed by atoms with Gasteiger partial charge in [0.05, 0.1) is 16.9 Å². The van der Waals surface area contributed by atoms with E-state index in [-0.39, 0.29) is 29.9 Å². The summed E-state index contributed by atoms with van der Waals surface area (Å²) >= 11 is 0. The predicted molar refractivity (Wildman–Crippen MR) is 142 cm³/mol. The number of hydrogen-bond acceptors (Lipinski definition) is 6. The van der Waals surface area contributed by atoms with Gasteiger partial charge >= 0.3 is 0 Å². The van der Waals surface area contributed by atoms with E-state index in [1.165, 1.54) is 17.0 Å². The molecule has 1 atom stereocenters. The van der Waals surface area contributed by atoms with Crippen LogP contribution in [0.4, 0.5) is 11.4 Å². The van der Waals surface area contributed by atoms with Gasteiger partial charge in [0.1, 0.15) is 12.6 Å². The number of amides is 2. The Labute approximate surface area is 217 Å². The van der Waals surface area contributed by atoms with Crippen LogP contribution in [0.3, 0.4) is 0 Å². The molecular formula is C26H34N4O6S. The van der Waals surface area contributed by atoms with Gasteiger partial charge in [0.2, 0.25) is 21.8 Å². The van der Waals surface area contributed by atoms with E-state index in [0.29, 0.717) is 5.56 Å². The molecular weight excluding hydrogens is 496 g/mol. The van der Waals surface area contributed by atoms with Crippen LogP contribution in [0.25, 0.3) is 0 Å². The number of anilines is 1. The smallest absolute Gasteiger partial charge is 0.271 e. The lowest BCUT2D eigenvalue weighted by atomic mass is 10.1. The molecule has 2 aromatic carbocycles. The fraction of sp³-hybridized carbons (Fsp3) is 0.462. The molecule has 37 heavy (non-hydrogen) atoms. The maximum atomic E-state index is 13.7. The quantitative estimate of drug-likeness (QED) is 0.370. The minimum Gasteiger partial charge on any atom is -0.352 e. The molecule has 0 aromatic heterocycles. The van der Waals surface area contributed by atoms with Crippen molar-refractivity contribution in [3.05, 3.63) is 69.3 Å². The van der Waals surface area contributed by atoms with Crippen molar-refractivity contribution in [2.45, 2.75) is 65.1 Å². The summed E-state index contributed by atoms with van der Waals surface area (Å²) in [6.45, 7) is 4.66. The number of nitrogens with one attached hydrogen (secondary N) is 1. The number of carbonyl (C=O) groups excluding carboxylic acids is 2. The number of nitro benzene ring substituents is 1. The number of nitro groups is 1. The monoisotopic (exact) mass is 530 g/mol. The molecule has 2 amide bonds. The summed E-state index contributed by atoms with van der Waals surface area (Å²) < 4.78 is 26.4. The van der Waals surface area contributed by atoms with Gasteiger partial charge in [-0.2, -0.15) is 0 Å². The van der Waals surface area contributed by atoms with Gasteiger partial charge in [0.15, 0.2) is 0 Å². The molecule has 2 aromatic rings. The summed E-state index contributed by atoms with van der Waals surface area (Å²) in [6.07, 6.45) is 4.80. The Morgan fingerprint density at radius 2 is 1.81 bits per heavy atom. The van der Waals surface area contributed by atoms with Crippen LogP contribution < -0.4 is 9.62 Å². The molecule has 0 aliphatic heterocycles. The first-order valence-electron chi connectivity index (χ1n) is 12.2. The fourth-order valence-electron chi connectivity index (χ4n) is 4.56. The van der Waals surface area contributed by atoms with E-state index >= 15 is 0 Å². The van der Waals surface area contributed by atoms with Crippen LogP contribution in [0.15, 0.2) is 42.5 Å². The number of hydrogen-bond donors (Lipinski definition) is 1. The second-order valence-electron chi connectivity index (χ2n) is 9.67. The minimum atomic E-state index is -3.99. The maximum Gasteiger partial charge on any atom is 0.271 e. The molecule has 1 aliphatic rings. The van der Waals surface area contributed by atoms with E-state index in [1.807, 2.05) is 31.2 Å². The molecule has 0 bridgehead atoms. The van der Waals surface area contributed by atoms with Crippen molar-refractivity contribution in [3.63, 3.8) is 0 Å². The van der Waals surface area contributed by atoms with Crippen LogP contribution in [0.1, 0.15) is 49.3 Å². The number of benzene rings is 2. The molecule has 0 heterocycles. The van der Waals surface area contributed by atoms with Crippen molar-refractivity contribution in [3.8, 4) is 0 Å². The zero-order valence-corrected chi connectivity index (χ0v) is 22.5. The molecule has 1 saturated carbocycles. The number of aryl methyl sites for hydroxylation is 2. The van der Waals surface area contributed by atoms with Crippen LogP contribution in [0, 0.1) is 24.0 Å². The molecule has 1 N–H and O–H groups in total. The first-order chi connectivity index (χ1) is 17.4. The number of non-ortho nitro benzene ring substituents is 1. The average molecular weight is 531 g/mol. The lowest BCUT2D eigenvalue weighted by Gasteiger charge is -2.32. The lowest BCUT2D eigenvalue weighted by Crippen LogP contribution is -2.52. The van der Waals surface area contributed by atoms with Gasteiger partial charge in [0.25, 0.3) is 5.69 Å². The SMILES string of the molecule is Cc1cccc(CN(C(=O)CN(c2cc([N+](=O)[O-])ccc2C)S(C)(=O)=O)[C@@H](C)C(=O)NC2CCCC2)c1. The number of nitrogens with zero attached hydrogens (tertiary/aromatic N) is 3. The minimum absolute atomic E-state index is 0.0450. The van der Waals surface area contributed by atoms with E-state index in [9.17, 15) is 28.1 Å². The molecule has 0 radical (unpaired) electrons. The van der Waals surface area contributed by atoms with Gasteiger partial charge in [-0.25, -0.2) is 8.42 Å². The highest BCUT2D eigenvalue weighted by molar-refractivity contribution is 7.92. The van der Waals surface area contributed by atoms with E-state index < -0.39 is 33.4 Å². The third-order valence-corrected chi connectivity index (χ3v) is 7.78. The van der Waals surface area contributed by atoms with Crippen LogP contribution in [0.2, 0.25) is 0 Å². The van der Waals surface area contributed by atoms with Crippen molar-refractivity contribution >= 4 is 33.2 Å². The van der Waals surface area contributed by atoms with Crippen molar-refractivity contribution in [2.75, 3.05) is 17.1 Å². The second-order valence-corrected chi connectivity index (χ2v) is 11.6. The first kappa shape index (κ1) is 28.1. The maximum absolute atomic E-state index is 13.7. The van der Waals surface area contributed by atoms with Crippen LogP contribution in [-0.2, 0) is 26.2 Å². The van der Waals surface area contributed by atoms with E-state index in [4.69, 9.17) is 0 Å². The summed E-state index contributed by atoms with van der Waals surface area (Å²) in [7, 11) is -3.99. The number of sulfonamides is 1. The largest absolute Gasteiger partial charge is 0.352 e. The van der Waals surface area contributed by atoms with Crippen molar-refractivity contribution < 1.29 is 22.9 Å². The molecule has 1 aliphatic carbocycles. The van der Waals surface area contributed by atoms with Gasteiger partial charge in [-0.05, 0) is 44.7 Å². The molecule has 11 heteroatoms. The van der Waals surface area contributed by atoms with Crippen LogP contribution in [-0.4, -0.2) is 54.9 Å². The van der Waals surface area contributed by atoms with E-state index in [0.717, 1.165) is 53.4 Å². The normalized spacial score (nSPS) is 14.7. The molecule has 0 spiro atoms. The predicted octanol–water partition coefficient (Wildman–Crippen LogP) is 3.45. The highest BCUT2D eigenvalue weighted by Gasteiger charge is 2.32. The number of rotatable bonds is 10. The highest BCUT2D eigenvalue weighted by atomic mass is 32.2. The molecule has 200 valence electrons. The Bertz CT molecular complexity index is 1270. The van der Waals surface area contributed by atoms with Crippen molar-refractivity contribution in [1.82, 2.24) is 10.2 Å². The molecule has 1 fully saturated rings. The highest BCUT2D eigenvalue weighted by Crippen LogP contribution is 2.28. The second kappa shape index (κ2) is 11.7. The Hall–Kier alpha value is -3.47. The first-order valence-corrected chi connectivity index (χ1v) is 14.1. The summed E-state index contributed by atoms with van der Waals surface area (Å²) in [5, 5.41) is 14.3. The summed E-state index contributed by atoms with van der Waals surface area (Å²) in [5.41, 5.74) is 2.00. The Morgan fingerprint density at radius 3 is 2.41 bits per heavy atom. The average Bonchev–Trinajstić information content (AvgIpc) is 3.33. The zero-order chi connectivity index (χ0) is 27.3.